The Labute approximate surface area is 38.7 Å². The maximum absolute atomic E-state index is 8.12. The van der Waals surface area contributed by atoms with E-state index < -0.39 is 0 Å². The van der Waals surface area contributed by atoms with Crippen molar-refractivity contribution in [3.8, 4) is 0 Å². The Morgan fingerprint density at radius 3 is 1.25 bits per heavy atom. The number of rotatable bonds is 0. The van der Waals surface area contributed by atoms with Gasteiger partial charge in [-0.15, -0.1) is 0 Å². The summed E-state index contributed by atoms with van der Waals surface area (Å²) in [6.45, 7) is 0. The first-order valence-corrected chi connectivity index (χ1v) is 0.408. The summed E-state index contributed by atoms with van der Waals surface area (Å²) in [6, 6.07) is 0. The van der Waals surface area contributed by atoms with Crippen molar-refractivity contribution in [2.45, 2.75) is 0 Å². The van der Waals surface area contributed by atoms with E-state index in [1.807, 2.05) is 0 Å². The van der Waals surface area contributed by atoms with Gasteiger partial charge in [-0.05, 0) is 0 Å². The van der Waals surface area contributed by atoms with Gasteiger partial charge in [0.25, 0.3) is 0 Å². The monoisotopic (exact) mass is 151 g/mol. The van der Waals surface area contributed by atoms with Gasteiger partial charge < -0.3 is 0 Å². The zero-order valence-electron chi connectivity index (χ0n) is 1.62. The predicted octanol–water partition coefficient (Wildman–Crippen LogP) is -0.586. The van der Waals surface area contributed by atoms with Crippen LogP contribution in [-0.2, 0) is 32.0 Å². The molecule has 0 atom stereocenters. The van der Waals surface area contributed by atoms with Crippen LogP contribution in [0, 0.1) is 0 Å². The molecular weight excluding hydrogens is 152 g/mol. The molecule has 27 valence electrons. The van der Waals surface area contributed by atoms with Crippen molar-refractivity contribution in [1.82, 2.24) is 0 Å². The van der Waals surface area contributed by atoms with E-state index in [1.165, 1.54) is 0 Å². The van der Waals surface area contributed by atoms with Crippen LogP contribution in [0.3, 0.4) is 0 Å². The Morgan fingerprint density at radius 2 is 1.25 bits per heavy atom. The summed E-state index contributed by atoms with van der Waals surface area (Å²) in [6.07, 6.45) is 0.250. The van der Waals surface area contributed by atoms with Crippen molar-refractivity contribution >= 4 is 6.15 Å². The van der Waals surface area contributed by atoms with Gasteiger partial charge in [0.2, 0.25) is 0 Å². The van der Waals surface area contributed by atoms with E-state index in [4.69, 9.17) is 9.59 Å². The van der Waals surface area contributed by atoms with Crippen LogP contribution in [0.5, 0.6) is 0 Å². The quantitative estimate of drug-likeness (QED) is 0.435. The third-order valence-electron chi connectivity index (χ3n) is 0. The van der Waals surface area contributed by atoms with Gasteiger partial charge in [0, 0.05) is 22.4 Å². The van der Waals surface area contributed by atoms with Gasteiger partial charge in [0.1, 0.15) is 0 Å². The van der Waals surface area contributed by atoms with E-state index in [-0.39, 0.29) is 28.5 Å². The molecule has 0 bridgehead atoms. The Balaban J connectivity index is 0. The van der Waals surface area contributed by atoms with E-state index in [1.54, 1.807) is 0 Å². The fourth-order valence-electron chi connectivity index (χ4n) is 0. The summed E-state index contributed by atoms with van der Waals surface area (Å²) >= 11 is 0. The van der Waals surface area contributed by atoms with Gasteiger partial charge in [0.15, 0.2) is 0 Å². The SMILES string of the molecule is O=C=O.[Ag]. The molecule has 0 fully saturated rings. The molecule has 0 saturated carbocycles. The van der Waals surface area contributed by atoms with Crippen LogP contribution in [0.15, 0.2) is 0 Å². The summed E-state index contributed by atoms with van der Waals surface area (Å²) < 4.78 is 0. The molecule has 0 rings (SSSR count). The Hall–Kier alpha value is 0.120. The summed E-state index contributed by atoms with van der Waals surface area (Å²) in [5, 5.41) is 0. The standard InChI is InChI=1S/CO2.Ag/c2-1-3;. The first-order chi connectivity index (χ1) is 1.41. The second kappa shape index (κ2) is 11.2. The number of hydrogen-bond donors (Lipinski definition) is 0. The maximum Gasteiger partial charge on any atom is 0.373 e. The molecule has 0 aromatic carbocycles. The fourth-order valence-corrected chi connectivity index (χ4v) is 0. The molecular formula is CAgO2. The summed E-state index contributed by atoms with van der Waals surface area (Å²) in [5.41, 5.74) is 0. The van der Waals surface area contributed by atoms with Gasteiger partial charge in [-0.3, -0.25) is 0 Å². The first kappa shape index (κ1) is 8.92. The van der Waals surface area contributed by atoms with Gasteiger partial charge in [-0.1, -0.05) is 0 Å². The normalized spacial score (nSPS) is 2.00. The average Bonchev–Trinajstić information content (AvgIpc) is 0.918. The zero-order valence-corrected chi connectivity index (χ0v) is 3.10. The van der Waals surface area contributed by atoms with Crippen LogP contribution in [0.1, 0.15) is 0 Å². The van der Waals surface area contributed by atoms with Crippen LogP contribution in [-0.4, -0.2) is 6.15 Å². The Bertz CT molecular complexity index is 27.0. The smallest absolute Gasteiger partial charge is 0.186 e. The first-order valence-electron chi connectivity index (χ1n) is 0.408. The second-order valence-electron chi connectivity index (χ2n) is 0.0833. The van der Waals surface area contributed by atoms with Crippen LogP contribution in [0.25, 0.3) is 0 Å². The van der Waals surface area contributed by atoms with E-state index in [9.17, 15) is 0 Å². The minimum Gasteiger partial charge on any atom is -0.186 e. The van der Waals surface area contributed by atoms with Crippen molar-refractivity contribution in [2.75, 3.05) is 0 Å². The second-order valence-corrected chi connectivity index (χ2v) is 0.0833. The molecule has 0 amide bonds. The van der Waals surface area contributed by atoms with E-state index >= 15 is 0 Å². The molecule has 4 heavy (non-hydrogen) atoms. The largest absolute Gasteiger partial charge is 0.373 e. The minimum absolute atomic E-state index is 0. The van der Waals surface area contributed by atoms with Crippen LogP contribution < -0.4 is 0 Å². The van der Waals surface area contributed by atoms with Crippen molar-refractivity contribution < 1.29 is 32.0 Å². The Kier molecular flexibility index (Phi) is 24.9. The molecule has 0 aliphatic rings. The third-order valence-corrected chi connectivity index (χ3v) is 0. The summed E-state index contributed by atoms with van der Waals surface area (Å²) in [5.74, 6) is 0. The van der Waals surface area contributed by atoms with E-state index in [0.29, 0.717) is 0 Å². The van der Waals surface area contributed by atoms with Crippen LogP contribution in [0.2, 0.25) is 0 Å². The van der Waals surface area contributed by atoms with Crippen molar-refractivity contribution in [1.29, 1.82) is 0 Å². The zero-order chi connectivity index (χ0) is 2.71. The fraction of sp³-hybridized carbons (Fsp3) is 0. The molecule has 0 unspecified atom stereocenters. The van der Waals surface area contributed by atoms with Gasteiger partial charge in [-0.2, -0.15) is 9.59 Å². The third kappa shape index (κ3) is 184. The molecule has 0 spiro atoms. The van der Waals surface area contributed by atoms with Gasteiger partial charge >= 0.3 is 6.15 Å². The molecule has 0 aromatic rings. The van der Waals surface area contributed by atoms with Gasteiger partial charge in [-0.25, -0.2) is 0 Å². The number of hydrogen-bond acceptors (Lipinski definition) is 2. The number of carbonyl (C=O) groups excluding carboxylic acids is 2. The van der Waals surface area contributed by atoms with E-state index in [2.05, 4.69) is 0 Å². The molecule has 0 aromatic heterocycles. The average molecular weight is 152 g/mol. The van der Waals surface area contributed by atoms with Gasteiger partial charge in [0.05, 0.1) is 0 Å². The summed E-state index contributed by atoms with van der Waals surface area (Å²) in [7, 11) is 0. The molecule has 1 radical (unpaired) electrons. The Morgan fingerprint density at radius 1 is 1.25 bits per heavy atom. The predicted molar refractivity (Wildman–Crippen MR) is 5.01 cm³/mol. The molecule has 0 saturated heterocycles. The van der Waals surface area contributed by atoms with Crippen molar-refractivity contribution in [2.24, 2.45) is 0 Å². The molecule has 0 heterocycles. The van der Waals surface area contributed by atoms with Crippen molar-refractivity contribution in [3.63, 3.8) is 0 Å². The van der Waals surface area contributed by atoms with Crippen LogP contribution in [0.4, 0.5) is 0 Å². The van der Waals surface area contributed by atoms with Crippen LogP contribution >= 0.6 is 0 Å². The molecule has 2 nitrogen and oxygen atoms in total. The molecule has 3 heteroatoms. The molecule has 0 aliphatic heterocycles. The van der Waals surface area contributed by atoms with Crippen molar-refractivity contribution in [3.05, 3.63) is 0 Å². The molecule has 0 N–H and O–H groups in total. The molecule has 0 aliphatic carbocycles. The summed E-state index contributed by atoms with van der Waals surface area (Å²) in [4.78, 5) is 16.2. The minimum atomic E-state index is 0. The maximum atomic E-state index is 8.12. The topological polar surface area (TPSA) is 34.1 Å². The van der Waals surface area contributed by atoms with E-state index in [0.717, 1.165) is 0 Å².